The first kappa shape index (κ1) is 25.6. The second kappa shape index (κ2) is 9.50. The average Bonchev–Trinajstić information content (AvgIpc) is 3.39. The molecule has 2 aromatic carbocycles. The van der Waals surface area contributed by atoms with E-state index in [-0.39, 0.29) is 12.0 Å². The van der Waals surface area contributed by atoms with Crippen LogP contribution in [0.5, 0.6) is 0 Å². The van der Waals surface area contributed by atoms with Crippen LogP contribution in [0, 0.1) is 24.5 Å². The van der Waals surface area contributed by atoms with Crippen LogP contribution in [0.25, 0.3) is 33.2 Å². The molecule has 0 spiro atoms. The number of pyridine rings is 1. The van der Waals surface area contributed by atoms with E-state index in [1.54, 1.807) is 18.5 Å². The van der Waals surface area contributed by atoms with Gasteiger partial charge in [-0.2, -0.15) is 0 Å². The van der Waals surface area contributed by atoms with Gasteiger partial charge in [-0.05, 0) is 74.9 Å². The average molecular weight is 532 g/mol. The summed E-state index contributed by atoms with van der Waals surface area (Å²) >= 11 is 0. The highest BCUT2D eigenvalue weighted by Crippen LogP contribution is 2.42. The molecule has 0 bridgehead atoms. The Balaban J connectivity index is 1.71. The monoisotopic (exact) mass is 531 g/mol. The maximum Gasteiger partial charge on any atom is 0.126 e. The molecule has 0 aliphatic carbocycles. The molecular formula is C30H31F2N5O2. The number of aliphatic hydroxyl groups is 1. The summed E-state index contributed by atoms with van der Waals surface area (Å²) in [4.78, 5) is 4.89. The molecule has 39 heavy (non-hydrogen) atoms. The number of hydrogen-bond donors (Lipinski definition) is 1. The maximum absolute atomic E-state index is 14.6. The highest BCUT2D eigenvalue weighted by molar-refractivity contribution is 6.07. The van der Waals surface area contributed by atoms with Crippen LogP contribution in [-0.2, 0) is 17.4 Å². The Morgan fingerprint density at radius 2 is 1.74 bits per heavy atom. The van der Waals surface area contributed by atoms with E-state index < -0.39 is 17.2 Å². The summed E-state index contributed by atoms with van der Waals surface area (Å²) < 4.78 is 38.8. The molecule has 6 rings (SSSR count). The third-order valence-electron chi connectivity index (χ3n) is 7.83. The molecule has 0 radical (unpaired) electrons. The van der Waals surface area contributed by atoms with Gasteiger partial charge in [-0.3, -0.25) is 4.98 Å². The van der Waals surface area contributed by atoms with Gasteiger partial charge in [-0.1, -0.05) is 17.3 Å². The summed E-state index contributed by atoms with van der Waals surface area (Å²) in [6.45, 7) is 6.54. The minimum absolute atomic E-state index is 0.0632. The van der Waals surface area contributed by atoms with E-state index in [1.807, 2.05) is 38.4 Å². The van der Waals surface area contributed by atoms with Gasteiger partial charge in [0.1, 0.15) is 11.6 Å². The lowest BCUT2D eigenvalue weighted by molar-refractivity contribution is 0.0552. The second-order valence-electron chi connectivity index (χ2n) is 11.0. The van der Waals surface area contributed by atoms with Crippen molar-refractivity contribution in [1.29, 1.82) is 0 Å². The van der Waals surface area contributed by atoms with Crippen LogP contribution in [0.1, 0.15) is 49.6 Å². The normalized spacial score (nSPS) is 15.9. The van der Waals surface area contributed by atoms with Crippen molar-refractivity contribution >= 4 is 21.9 Å². The van der Waals surface area contributed by atoms with E-state index in [0.717, 1.165) is 63.4 Å². The number of aromatic nitrogens is 5. The van der Waals surface area contributed by atoms with Gasteiger partial charge in [0.2, 0.25) is 0 Å². The van der Waals surface area contributed by atoms with Gasteiger partial charge < -0.3 is 14.4 Å². The highest BCUT2D eigenvalue weighted by atomic mass is 19.1. The van der Waals surface area contributed by atoms with Crippen molar-refractivity contribution in [3.8, 4) is 11.3 Å². The van der Waals surface area contributed by atoms with Crippen LogP contribution in [0.4, 0.5) is 8.78 Å². The van der Waals surface area contributed by atoms with Gasteiger partial charge in [0.25, 0.3) is 0 Å². The zero-order valence-corrected chi connectivity index (χ0v) is 22.4. The number of nitrogens with zero attached hydrogens (tertiary/aromatic N) is 5. The van der Waals surface area contributed by atoms with Crippen molar-refractivity contribution in [1.82, 2.24) is 24.5 Å². The quantitative estimate of drug-likeness (QED) is 0.310. The highest BCUT2D eigenvalue weighted by Gasteiger charge is 2.32. The topological polar surface area (TPSA) is 78.0 Å². The Bertz CT molecular complexity index is 1660. The first-order valence-electron chi connectivity index (χ1n) is 13.2. The second-order valence-corrected chi connectivity index (χ2v) is 11.0. The Hall–Kier alpha value is -3.69. The summed E-state index contributed by atoms with van der Waals surface area (Å²) in [5, 5.41) is 20.1. The molecule has 5 aromatic rings. The molecular weight excluding hydrogens is 500 g/mol. The van der Waals surface area contributed by atoms with Gasteiger partial charge in [0.05, 0.1) is 39.6 Å². The molecule has 0 saturated carbocycles. The molecule has 1 aliphatic rings. The van der Waals surface area contributed by atoms with Crippen LogP contribution in [-0.4, -0.2) is 42.9 Å². The van der Waals surface area contributed by atoms with Gasteiger partial charge in [-0.15, -0.1) is 5.10 Å². The summed E-state index contributed by atoms with van der Waals surface area (Å²) in [7, 11) is 1.84. The Morgan fingerprint density at radius 1 is 1.03 bits per heavy atom. The molecule has 1 atom stereocenters. The predicted molar refractivity (Wildman–Crippen MR) is 145 cm³/mol. The van der Waals surface area contributed by atoms with Gasteiger partial charge >= 0.3 is 0 Å². The lowest BCUT2D eigenvalue weighted by Gasteiger charge is -2.33. The fourth-order valence-electron chi connectivity index (χ4n) is 5.98. The van der Waals surface area contributed by atoms with Crippen molar-refractivity contribution in [2.24, 2.45) is 13.0 Å². The standard InChI is InChI=1S/C30H31F2N5O2/c1-17-28(36(4)35-34-17)20-13-26-27(33-16-20)24-6-5-21(30(2,3)38)14-25(24)37(26)29(18-7-9-39-10-8-18)19-11-22(31)15-23(32)12-19/h5-6,11-16,18,29,38H,7-10H2,1-4H3/t29-/m0/s1. The van der Waals surface area contributed by atoms with E-state index in [1.165, 1.54) is 12.1 Å². The molecule has 9 heteroatoms. The maximum atomic E-state index is 14.6. The largest absolute Gasteiger partial charge is 0.386 e. The molecule has 202 valence electrons. The smallest absolute Gasteiger partial charge is 0.126 e. The summed E-state index contributed by atoms with van der Waals surface area (Å²) in [6.07, 6.45) is 3.30. The Labute approximate surface area is 225 Å². The van der Waals surface area contributed by atoms with Crippen LogP contribution in [0.15, 0.2) is 48.7 Å². The van der Waals surface area contributed by atoms with Crippen LogP contribution < -0.4 is 0 Å². The molecule has 4 heterocycles. The lowest BCUT2D eigenvalue weighted by atomic mass is 9.86. The molecule has 1 N–H and O–H groups in total. The van der Waals surface area contributed by atoms with Crippen molar-refractivity contribution in [3.63, 3.8) is 0 Å². The summed E-state index contributed by atoms with van der Waals surface area (Å²) in [5.74, 6) is -1.17. The molecule has 0 unspecified atom stereocenters. The van der Waals surface area contributed by atoms with Crippen molar-refractivity contribution < 1.29 is 18.6 Å². The number of hydrogen-bond acceptors (Lipinski definition) is 5. The van der Waals surface area contributed by atoms with E-state index in [2.05, 4.69) is 20.9 Å². The van der Waals surface area contributed by atoms with Crippen molar-refractivity contribution in [2.75, 3.05) is 13.2 Å². The lowest BCUT2D eigenvalue weighted by Crippen LogP contribution is -2.27. The third-order valence-corrected chi connectivity index (χ3v) is 7.83. The van der Waals surface area contributed by atoms with E-state index >= 15 is 0 Å². The predicted octanol–water partition coefficient (Wildman–Crippen LogP) is 5.82. The minimum atomic E-state index is -1.08. The van der Waals surface area contributed by atoms with Crippen LogP contribution >= 0.6 is 0 Å². The number of halogens is 2. The number of benzene rings is 2. The Kier molecular flexibility index (Phi) is 6.23. The number of ether oxygens (including phenoxy) is 1. The zero-order valence-electron chi connectivity index (χ0n) is 22.4. The fourth-order valence-corrected chi connectivity index (χ4v) is 5.98. The molecule has 1 fully saturated rings. The van der Waals surface area contributed by atoms with Gasteiger partial charge in [-0.25, -0.2) is 13.5 Å². The van der Waals surface area contributed by atoms with Crippen molar-refractivity contribution in [2.45, 2.75) is 45.3 Å². The fraction of sp³-hybridized carbons (Fsp3) is 0.367. The van der Waals surface area contributed by atoms with E-state index in [0.29, 0.717) is 18.8 Å². The summed E-state index contributed by atoms with van der Waals surface area (Å²) in [5.41, 5.74) is 5.13. The molecule has 1 aliphatic heterocycles. The third kappa shape index (κ3) is 4.49. The Morgan fingerprint density at radius 3 is 2.38 bits per heavy atom. The minimum Gasteiger partial charge on any atom is -0.386 e. The summed E-state index contributed by atoms with van der Waals surface area (Å²) in [6, 6.07) is 11.3. The molecule has 1 saturated heterocycles. The van der Waals surface area contributed by atoms with Crippen LogP contribution in [0.3, 0.4) is 0 Å². The first-order chi connectivity index (χ1) is 18.6. The van der Waals surface area contributed by atoms with Gasteiger partial charge in [0.15, 0.2) is 0 Å². The van der Waals surface area contributed by atoms with Crippen molar-refractivity contribution in [3.05, 3.63) is 77.1 Å². The van der Waals surface area contributed by atoms with E-state index in [4.69, 9.17) is 9.72 Å². The first-order valence-corrected chi connectivity index (χ1v) is 13.2. The van der Waals surface area contributed by atoms with Crippen LogP contribution in [0.2, 0.25) is 0 Å². The number of rotatable bonds is 5. The number of aryl methyl sites for hydroxylation is 2. The van der Waals surface area contributed by atoms with E-state index in [9.17, 15) is 13.9 Å². The number of fused-ring (bicyclic) bond motifs is 3. The SMILES string of the molecule is Cc1nnn(C)c1-c1cnc2c3ccc(C(C)(C)O)cc3n([C@H](c3cc(F)cc(F)c3)C3CCOCC3)c2c1. The molecule has 7 nitrogen and oxygen atoms in total. The molecule has 0 amide bonds. The zero-order chi connectivity index (χ0) is 27.5. The van der Waals surface area contributed by atoms with Gasteiger partial charge in [0, 0.05) is 43.5 Å². The molecule has 3 aromatic heterocycles.